The van der Waals surface area contributed by atoms with E-state index in [9.17, 15) is 0 Å². The van der Waals surface area contributed by atoms with E-state index in [0.29, 0.717) is 19.8 Å². The molecule has 1 aliphatic heterocycles. The standard InChI is InChI=1S/C15H18BrN3O2/c1-9-14(10(2)19-18-9)17-8-11-6-12(16)15-13(7-11)20-4-3-5-21-15/h6-7,17H,3-5,8H2,1-2H3,(H,18,19). The summed E-state index contributed by atoms with van der Waals surface area (Å²) in [5.41, 5.74) is 4.20. The summed E-state index contributed by atoms with van der Waals surface area (Å²) < 4.78 is 12.4. The molecular weight excluding hydrogens is 334 g/mol. The Labute approximate surface area is 132 Å². The fourth-order valence-corrected chi connectivity index (χ4v) is 2.99. The maximum atomic E-state index is 5.75. The molecule has 0 aliphatic carbocycles. The summed E-state index contributed by atoms with van der Waals surface area (Å²) in [6.45, 7) is 6.07. The number of hydrogen-bond acceptors (Lipinski definition) is 4. The van der Waals surface area contributed by atoms with Crippen molar-refractivity contribution in [1.29, 1.82) is 0 Å². The molecule has 21 heavy (non-hydrogen) atoms. The second-order valence-electron chi connectivity index (χ2n) is 5.12. The smallest absolute Gasteiger partial charge is 0.175 e. The van der Waals surface area contributed by atoms with Gasteiger partial charge >= 0.3 is 0 Å². The van der Waals surface area contributed by atoms with E-state index < -0.39 is 0 Å². The van der Waals surface area contributed by atoms with E-state index in [1.807, 2.05) is 19.9 Å². The lowest BCUT2D eigenvalue weighted by Gasteiger charge is -2.13. The number of nitrogens with zero attached hydrogens (tertiary/aromatic N) is 1. The van der Waals surface area contributed by atoms with Gasteiger partial charge < -0.3 is 14.8 Å². The molecule has 2 heterocycles. The number of ether oxygens (including phenoxy) is 2. The number of fused-ring (bicyclic) bond motifs is 1. The summed E-state index contributed by atoms with van der Waals surface area (Å²) in [6.07, 6.45) is 0.905. The third-order valence-electron chi connectivity index (χ3n) is 3.46. The Morgan fingerprint density at radius 1 is 1.29 bits per heavy atom. The van der Waals surface area contributed by atoms with Crippen molar-refractivity contribution in [1.82, 2.24) is 10.2 Å². The minimum atomic E-state index is 0.691. The second-order valence-corrected chi connectivity index (χ2v) is 5.97. The number of hydrogen-bond donors (Lipinski definition) is 2. The van der Waals surface area contributed by atoms with Gasteiger partial charge in [0.05, 0.1) is 34.8 Å². The van der Waals surface area contributed by atoms with Crippen LogP contribution in [0.2, 0.25) is 0 Å². The third-order valence-corrected chi connectivity index (χ3v) is 4.05. The van der Waals surface area contributed by atoms with Gasteiger partial charge in [-0.1, -0.05) is 0 Å². The van der Waals surface area contributed by atoms with Gasteiger partial charge in [-0.2, -0.15) is 5.10 Å². The maximum Gasteiger partial charge on any atom is 0.175 e. The Morgan fingerprint density at radius 3 is 2.86 bits per heavy atom. The summed E-state index contributed by atoms with van der Waals surface area (Å²) in [5.74, 6) is 1.60. The number of benzene rings is 1. The first-order valence-electron chi connectivity index (χ1n) is 6.98. The van der Waals surface area contributed by atoms with Crippen molar-refractivity contribution in [2.24, 2.45) is 0 Å². The Kier molecular flexibility index (Phi) is 4.05. The van der Waals surface area contributed by atoms with Gasteiger partial charge in [0.15, 0.2) is 11.5 Å². The molecule has 1 aromatic carbocycles. The molecule has 3 rings (SSSR count). The zero-order valence-electron chi connectivity index (χ0n) is 12.1. The maximum absolute atomic E-state index is 5.75. The van der Waals surface area contributed by atoms with E-state index in [1.165, 1.54) is 0 Å². The van der Waals surface area contributed by atoms with Crippen LogP contribution in [0, 0.1) is 13.8 Å². The van der Waals surface area contributed by atoms with E-state index >= 15 is 0 Å². The van der Waals surface area contributed by atoms with Gasteiger partial charge in [0.1, 0.15) is 0 Å². The highest BCUT2D eigenvalue weighted by Gasteiger charge is 2.15. The van der Waals surface area contributed by atoms with Gasteiger partial charge in [-0.3, -0.25) is 5.10 Å². The number of aryl methyl sites for hydroxylation is 2. The molecule has 2 N–H and O–H groups in total. The summed E-state index contributed by atoms with van der Waals surface area (Å²) >= 11 is 3.56. The van der Waals surface area contributed by atoms with Crippen LogP contribution < -0.4 is 14.8 Å². The van der Waals surface area contributed by atoms with Crippen LogP contribution >= 0.6 is 15.9 Å². The molecule has 2 aromatic rings. The van der Waals surface area contributed by atoms with Crippen LogP contribution in [0.1, 0.15) is 23.4 Å². The van der Waals surface area contributed by atoms with Crippen molar-refractivity contribution in [2.75, 3.05) is 18.5 Å². The lowest BCUT2D eigenvalue weighted by molar-refractivity contribution is 0.296. The molecule has 1 aliphatic rings. The second kappa shape index (κ2) is 5.97. The van der Waals surface area contributed by atoms with E-state index in [2.05, 4.69) is 37.5 Å². The lowest BCUT2D eigenvalue weighted by atomic mass is 10.2. The fraction of sp³-hybridized carbons (Fsp3) is 0.400. The first-order chi connectivity index (χ1) is 10.1. The molecule has 0 atom stereocenters. The van der Waals surface area contributed by atoms with Gasteiger partial charge in [0.25, 0.3) is 0 Å². The van der Waals surface area contributed by atoms with Crippen LogP contribution in [-0.4, -0.2) is 23.4 Å². The van der Waals surface area contributed by atoms with Crippen LogP contribution in [0.4, 0.5) is 5.69 Å². The van der Waals surface area contributed by atoms with Gasteiger partial charge in [-0.05, 0) is 47.5 Å². The van der Waals surface area contributed by atoms with Crippen molar-refractivity contribution >= 4 is 21.6 Å². The molecule has 5 nitrogen and oxygen atoms in total. The lowest BCUT2D eigenvalue weighted by Crippen LogP contribution is -2.02. The fourth-order valence-electron chi connectivity index (χ4n) is 2.39. The number of rotatable bonds is 3. The molecular formula is C15H18BrN3O2. The highest BCUT2D eigenvalue weighted by Crippen LogP contribution is 2.38. The summed E-state index contributed by atoms with van der Waals surface area (Å²) in [6, 6.07) is 4.09. The molecule has 0 bridgehead atoms. The number of H-pyrrole nitrogens is 1. The highest BCUT2D eigenvalue weighted by atomic mass is 79.9. The Hall–Kier alpha value is -1.69. The number of aromatic amines is 1. The quantitative estimate of drug-likeness (QED) is 0.887. The first-order valence-corrected chi connectivity index (χ1v) is 7.78. The SMILES string of the molecule is Cc1n[nH]c(C)c1NCc1cc(Br)c2c(c1)OCCCO2. The summed E-state index contributed by atoms with van der Waals surface area (Å²) in [5, 5.41) is 10.6. The number of anilines is 1. The summed E-state index contributed by atoms with van der Waals surface area (Å²) in [7, 11) is 0. The molecule has 0 spiro atoms. The molecule has 1 aromatic heterocycles. The average Bonchev–Trinajstić information content (AvgIpc) is 2.67. The molecule has 0 unspecified atom stereocenters. The molecule has 0 saturated carbocycles. The molecule has 0 radical (unpaired) electrons. The van der Waals surface area contributed by atoms with Crippen LogP contribution in [0.5, 0.6) is 11.5 Å². The predicted octanol–water partition coefficient (Wildman–Crippen LogP) is 3.56. The number of nitrogens with one attached hydrogen (secondary N) is 2. The van der Waals surface area contributed by atoms with Crippen LogP contribution in [0.25, 0.3) is 0 Å². The molecule has 0 amide bonds. The Balaban J connectivity index is 1.80. The minimum absolute atomic E-state index is 0.691. The summed E-state index contributed by atoms with van der Waals surface area (Å²) in [4.78, 5) is 0. The molecule has 6 heteroatoms. The van der Waals surface area contributed by atoms with Crippen molar-refractivity contribution in [3.8, 4) is 11.5 Å². The average molecular weight is 352 g/mol. The van der Waals surface area contributed by atoms with E-state index in [1.54, 1.807) is 0 Å². The number of halogens is 1. The van der Waals surface area contributed by atoms with Crippen molar-refractivity contribution in [3.63, 3.8) is 0 Å². The monoisotopic (exact) mass is 351 g/mol. The van der Waals surface area contributed by atoms with Gasteiger partial charge in [0.2, 0.25) is 0 Å². The largest absolute Gasteiger partial charge is 0.490 e. The van der Waals surface area contributed by atoms with Crippen molar-refractivity contribution in [2.45, 2.75) is 26.8 Å². The van der Waals surface area contributed by atoms with Crippen molar-refractivity contribution < 1.29 is 9.47 Å². The van der Waals surface area contributed by atoms with E-state index in [4.69, 9.17) is 9.47 Å². The van der Waals surface area contributed by atoms with E-state index in [0.717, 1.165) is 45.0 Å². The Morgan fingerprint density at radius 2 is 2.10 bits per heavy atom. The van der Waals surface area contributed by atoms with Gasteiger partial charge in [-0.25, -0.2) is 0 Å². The number of aromatic nitrogens is 2. The highest BCUT2D eigenvalue weighted by molar-refractivity contribution is 9.10. The normalized spacial score (nSPS) is 13.9. The first kappa shape index (κ1) is 14.3. The van der Waals surface area contributed by atoms with Crippen molar-refractivity contribution in [3.05, 3.63) is 33.6 Å². The van der Waals surface area contributed by atoms with Gasteiger partial charge in [0, 0.05) is 13.0 Å². The topological polar surface area (TPSA) is 59.2 Å². The zero-order valence-corrected chi connectivity index (χ0v) is 13.7. The van der Waals surface area contributed by atoms with E-state index in [-0.39, 0.29) is 0 Å². The zero-order chi connectivity index (χ0) is 14.8. The van der Waals surface area contributed by atoms with Crippen LogP contribution in [0.3, 0.4) is 0 Å². The molecule has 112 valence electrons. The minimum Gasteiger partial charge on any atom is -0.490 e. The predicted molar refractivity (Wildman–Crippen MR) is 85.1 cm³/mol. The van der Waals surface area contributed by atoms with Crippen LogP contribution in [0.15, 0.2) is 16.6 Å². The molecule has 0 saturated heterocycles. The molecule has 0 fully saturated rings. The Bertz CT molecular complexity index is 635. The third kappa shape index (κ3) is 3.00. The van der Waals surface area contributed by atoms with Gasteiger partial charge in [-0.15, -0.1) is 0 Å². The van der Waals surface area contributed by atoms with Crippen LogP contribution in [-0.2, 0) is 6.54 Å².